The Bertz CT molecular complexity index is 1850. The van der Waals surface area contributed by atoms with Crippen molar-refractivity contribution in [2.24, 2.45) is 7.05 Å². The lowest BCUT2D eigenvalue weighted by molar-refractivity contribution is -0.138. The molecule has 232 valence electrons. The molecule has 0 radical (unpaired) electrons. The Balaban J connectivity index is 1.25. The number of aromatic nitrogens is 4. The van der Waals surface area contributed by atoms with Crippen molar-refractivity contribution in [1.82, 2.24) is 29.3 Å². The number of alkyl halides is 3. The molecule has 45 heavy (non-hydrogen) atoms. The van der Waals surface area contributed by atoms with Gasteiger partial charge in [-0.1, -0.05) is 23.7 Å². The van der Waals surface area contributed by atoms with Crippen molar-refractivity contribution in [2.75, 3.05) is 38.5 Å². The molecule has 8 nitrogen and oxygen atoms in total. The summed E-state index contributed by atoms with van der Waals surface area (Å²) in [6, 6.07) is 14.6. The standard InChI is InChI=1S/C33H31ClF3N7O/c1-42-13-15-44(16-14-42)20-23-4-5-24(19-26(23)33(35,36)37)39-32(45)25-17-21(3-6-27(25)34)18-29-30-28(9-12-43(30)2)40-31(41-29)22-7-10-38-11-8-22/h3-12,17,19H,13-16,18,20H2,1-2H3,(H,39,45). The van der Waals surface area contributed by atoms with Gasteiger partial charge in [-0.25, -0.2) is 9.97 Å². The van der Waals surface area contributed by atoms with E-state index in [9.17, 15) is 18.0 Å². The number of carbonyl (C=O) groups excluding carboxylic acids is 1. The van der Waals surface area contributed by atoms with Gasteiger partial charge in [0.15, 0.2) is 5.82 Å². The third kappa shape index (κ3) is 6.85. The van der Waals surface area contributed by atoms with Gasteiger partial charge in [0.25, 0.3) is 5.91 Å². The average Bonchev–Trinajstić information content (AvgIpc) is 3.40. The predicted molar refractivity (Wildman–Crippen MR) is 168 cm³/mol. The van der Waals surface area contributed by atoms with E-state index in [2.05, 4.69) is 15.2 Å². The first-order chi connectivity index (χ1) is 21.5. The van der Waals surface area contributed by atoms with Crippen molar-refractivity contribution in [3.8, 4) is 11.4 Å². The molecule has 1 amide bonds. The molecule has 1 aliphatic rings. The molecule has 5 aromatic rings. The smallest absolute Gasteiger partial charge is 0.348 e. The van der Waals surface area contributed by atoms with E-state index < -0.39 is 17.6 Å². The van der Waals surface area contributed by atoms with Crippen LogP contribution in [0, 0.1) is 0 Å². The maximum atomic E-state index is 14.1. The minimum atomic E-state index is -4.57. The Morgan fingerprint density at radius 2 is 1.71 bits per heavy atom. The first kappa shape index (κ1) is 30.7. The molecule has 4 heterocycles. The van der Waals surface area contributed by atoms with Crippen LogP contribution in [-0.2, 0) is 26.2 Å². The molecule has 0 atom stereocenters. The Kier molecular flexibility index (Phi) is 8.59. The zero-order chi connectivity index (χ0) is 31.7. The number of rotatable bonds is 7. The van der Waals surface area contributed by atoms with Crippen molar-refractivity contribution in [1.29, 1.82) is 0 Å². The van der Waals surface area contributed by atoms with Gasteiger partial charge < -0.3 is 14.8 Å². The average molecular weight is 634 g/mol. The molecule has 1 saturated heterocycles. The number of halogens is 4. The Morgan fingerprint density at radius 1 is 0.956 bits per heavy atom. The van der Waals surface area contributed by atoms with E-state index in [0.29, 0.717) is 25.3 Å². The van der Waals surface area contributed by atoms with Crippen LogP contribution < -0.4 is 5.32 Å². The van der Waals surface area contributed by atoms with Crippen LogP contribution in [0.2, 0.25) is 5.02 Å². The van der Waals surface area contributed by atoms with E-state index in [1.165, 1.54) is 12.1 Å². The van der Waals surface area contributed by atoms with E-state index in [4.69, 9.17) is 21.6 Å². The minimum Gasteiger partial charge on any atom is -0.348 e. The quantitative estimate of drug-likeness (QED) is 0.227. The number of carbonyl (C=O) groups is 1. The number of likely N-dealkylation sites (N-methyl/N-ethyl adjacent to an activating group) is 1. The molecule has 1 N–H and O–H groups in total. The molecule has 0 aliphatic carbocycles. The summed E-state index contributed by atoms with van der Waals surface area (Å²) in [7, 11) is 3.91. The largest absolute Gasteiger partial charge is 0.416 e. The lowest BCUT2D eigenvalue weighted by atomic mass is 10.0. The predicted octanol–water partition coefficient (Wildman–Crippen LogP) is 6.29. The number of benzene rings is 2. The topological polar surface area (TPSA) is 79.2 Å². The molecule has 3 aromatic heterocycles. The first-order valence-corrected chi connectivity index (χ1v) is 14.9. The Morgan fingerprint density at radius 3 is 2.44 bits per heavy atom. The molecule has 0 unspecified atom stereocenters. The fourth-order valence-electron chi connectivity index (χ4n) is 5.58. The number of amides is 1. The van der Waals surface area contributed by atoms with E-state index in [0.717, 1.165) is 47.0 Å². The second-order valence-corrected chi connectivity index (χ2v) is 11.7. The molecular formula is C33H31ClF3N7O. The Hall–Kier alpha value is -4.32. The lowest BCUT2D eigenvalue weighted by Gasteiger charge is -2.33. The number of nitrogens with one attached hydrogen (secondary N) is 1. The van der Waals surface area contributed by atoms with Crippen LogP contribution in [0.3, 0.4) is 0 Å². The number of pyridine rings is 1. The van der Waals surface area contributed by atoms with Crippen LogP contribution in [0.25, 0.3) is 22.4 Å². The van der Waals surface area contributed by atoms with Crippen molar-refractivity contribution >= 4 is 34.2 Å². The summed E-state index contributed by atoms with van der Waals surface area (Å²) < 4.78 is 44.3. The highest BCUT2D eigenvalue weighted by Gasteiger charge is 2.34. The maximum Gasteiger partial charge on any atom is 0.416 e. The lowest BCUT2D eigenvalue weighted by Crippen LogP contribution is -2.44. The number of nitrogens with zero attached hydrogens (tertiary/aromatic N) is 6. The van der Waals surface area contributed by atoms with Gasteiger partial charge in [-0.15, -0.1) is 0 Å². The molecule has 2 aromatic carbocycles. The van der Waals surface area contributed by atoms with Gasteiger partial charge >= 0.3 is 6.18 Å². The normalized spacial score (nSPS) is 14.6. The first-order valence-electron chi connectivity index (χ1n) is 14.5. The molecule has 6 rings (SSSR count). The van der Waals surface area contributed by atoms with Crippen molar-refractivity contribution in [2.45, 2.75) is 19.1 Å². The zero-order valence-corrected chi connectivity index (χ0v) is 25.5. The van der Waals surface area contributed by atoms with Gasteiger partial charge in [0.1, 0.15) is 0 Å². The van der Waals surface area contributed by atoms with Crippen molar-refractivity contribution in [3.05, 3.63) is 106 Å². The van der Waals surface area contributed by atoms with Crippen LogP contribution in [0.4, 0.5) is 18.9 Å². The second-order valence-electron chi connectivity index (χ2n) is 11.3. The minimum absolute atomic E-state index is 0.0410. The zero-order valence-electron chi connectivity index (χ0n) is 24.8. The molecule has 0 spiro atoms. The number of aryl methyl sites for hydroxylation is 1. The van der Waals surface area contributed by atoms with Gasteiger partial charge in [-0.3, -0.25) is 14.7 Å². The summed E-state index contributed by atoms with van der Waals surface area (Å²) in [5.41, 5.74) is 3.55. The monoisotopic (exact) mass is 633 g/mol. The fourth-order valence-corrected chi connectivity index (χ4v) is 5.79. The van der Waals surface area contributed by atoms with E-state index in [-0.39, 0.29) is 28.4 Å². The molecule has 1 aliphatic heterocycles. The Labute approximate surface area is 263 Å². The van der Waals surface area contributed by atoms with Crippen molar-refractivity contribution < 1.29 is 18.0 Å². The summed E-state index contributed by atoms with van der Waals surface area (Å²) in [6.45, 7) is 3.17. The van der Waals surface area contributed by atoms with Gasteiger partial charge in [0, 0.05) is 76.0 Å². The molecule has 1 fully saturated rings. The molecule has 12 heteroatoms. The summed E-state index contributed by atoms with van der Waals surface area (Å²) in [5, 5.41) is 2.81. The third-order valence-electron chi connectivity index (χ3n) is 8.04. The van der Waals surface area contributed by atoms with Crippen LogP contribution in [0.15, 0.2) is 73.2 Å². The van der Waals surface area contributed by atoms with Gasteiger partial charge in [-0.2, -0.15) is 13.2 Å². The summed E-state index contributed by atoms with van der Waals surface area (Å²) in [5.74, 6) is -0.0551. The van der Waals surface area contributed by atoms with Crippen LogP contribution in [-0.4, -0.2) is 68.5 Å². The summed E-state index contributed by atoms with van der Waals surface area (Å²) >= 11 is 6.43. The highest BCUT2D eigenvalue weighted by atomic mass is 35.5. The number of piperazine rings is 1. The van der Waals surface area contributed by atoms with Crippen LogP contribution >= 0.6 is 11.6 Å². The number of anilines is 1. The SMILES string of the molecule is CN1CCN(Cc2ccc(NC(=O)c3cc(Cc4nc(-c5ccncc5)nc5ccn(C)c45)ccc3Cl)cc2C(F)(F)F)CC1. The van der Waals surface area contributed by atoms with Crippen LogP contribution in [0.5, 0.6) is 0 Å². The summed E-state index contributed by atoms with van der Waals surface area (Å²) in [6.07, 6.45) is 1.05. The van der Waals surface area contributed by atoms with E-state index in [1.54, 1.807) is 30.6 Å². The fraction of sp³-hybridized carbons (Fsp3) is 0.273. The number of hydrogen-bond donors (Lipinski definition) is 1. The maximum absolute atomic E-state index is 14.1. The van der Waals surface area contributed by atoms with E-state index in [1.807, 2.05) is 48.0 Å². The highest BCUT2D eigenvalue weighted by Crippen LogP contribution is 2.35. The summed E-state index contributed by atoms with van der Waals surface area (Å²) in [4.78, 5) is 31.2. The molecule has 0 saturated carbocycles. The third-order valence-corrected chi connectivity index (χ3v) is 8.37. The highest BCUT2D eigenvalue weighted by molar-refractivity contribution is 6.34. The number of fused-ring (bicyclic) bond motifs is 1. The van der Waals surface area contributed by atoms with Gasteiger partial charge in [0.05, 0.1) is 32.9 Å². The van der Waals surface area contributed by atoms with Crippen molar-refractivity contribution in [3.63, 3.8) is 0 Å². The van der Waals surface area contributed by atoms with Crippen LogP contribution in [0.1, 0.15) is 32.7 Å². The molecular weight excluding hydrogens is 603 g/mol. The molecule has 0 bridgehead atoms. The van der Waals surface area contributed by atoms with E-state index >= 15 is 0 Å². The van der Waals surface area contributed by atoms with Gasteiger partial charge in [-0.05, 0) is 60.6 Å². The van der Waals surface area contributed by atoms with Gasteiger partial charge in [0.2, 0.25) is 0 Å². The number of hydrogen-bond acceptors (Lipinski definition) is 6. The second kappa shape index (κ2) is 12.6.